The lowest BCUT2D eigenvalue weighted by molar-refractivity contribution is -0.132. The van der Waals surface area contributed by atoms with Crippen LogP contribution in [0.3, 0.4) is 0 Å². The molecule has 5 heteroatoms. The molecule has 1 amide bonds. The van der Waals surface area contributed by atoms with Crippen molar-refractivity contribution in [3.63, 3.8) is 0 Å². The predicted molar refractivity (Wildman–Crippen MR) is 90.3 cm³/mol. The lowest BCUT2D eigenvalue weighted by Crippen LogP contribution is -2.30. The monoisotopic (exact) mass is 411 g/mol. The Bertz CT molecular complexity index is 614. The van der Waals surface area contributed by atoms with Gasteiger partial charge in [0.25, 0.3) is 5.91 Å². The van der Waals surface area contributed by atoms with Crippen molar-refractivity contribution in [2.75, 3.05) is 13.7 Å². The molecule has 0 bridgehead atoms. The molecule has 0 N–H and O–H groups in total. The van der Waals surface area contributed by atoms with Crippen molar-refractivity contribution in [2.24, 2.45) is 0 Å². The number of hydrogen-bond acceptors (Lipinski definition) is 2. The van der Waals surface area contributed by atoms with Gasteiger partial charge >= 0.3 is 0 Å². The van der Waals surface area contributed by atoms with Crippen LogP contribution in [0.4, 0.5) is 0 Å². The Morgan fingerprint density at radius 3 is 2.43 bits per heavy atom. The molecule has 2 aromatic rings. The number of halogens is 2. The van der Waals surface area contributed by atoms with Gasteiger partial charge in [-0.25, -0.2) is 0 Å². The largest absolute Gasteiger partial charge is 0.483 e. The summed E-state index contributed by atoms with van der Waals surface area (Å²) < 4.78 is 7.40. The van der Waals surface area contributed by atoms with Crippen LogP contribution in [-0.4, -0.2) is 24.5 Å². The van der Waals surface area contributed by atoms with Gasteiger partial charge in [-0.3, -0.25) is 4.79 Å². The molecule has 0 aliphatic rings. The number of rotatable bonds is 5. The van der Waals surface area contributed by atoms with Crippen LogP contribution >= 0.6 is 31.9 Å². The molecule has 0 saturated carbocycles. The maximum absolute atomic E-state index is 12.1. The summed E-state index contributed by atoms with van der Waals surface area (Å²) in [6.07, 6.45) is 0. The van der Waals surface area contributed by atoms with Crippen LogP contribution in [0.2, 0.25) is 0 Å². The highest BCUT2D eigenvalue weighted by Gasteiger charge is 2.11. The van der Waals surface area contributed by atoms with Crippen LogP contribution < -0.4 is 4.74 Å². The Morgan fingerprint density at radius 1 is 1.10 bits per heavy atom. The molecule has 0 fully saturated rings. The summed E-state index contributed by atoms with van der Waals surface area (Å²) in [4.78, 5) is 13.7. The minimum atomic E-state index is -0.0614. The quantitative estimate of drug-likeness (QED) is 0.734. The highest BCUT2D eigenvalue weighted by molar-refractivity contribution is 9.10. The van der Waals surface area contributed by atoms with Crippen molar-refractivity contribution in [3.8, 4) is 5.75 Å². The summed E-state index contributed by atoms with van der Waals surface area (Å²) in [5.74, 6) is 0.608. The van der Waals surface area contributed by atoms with Crippen LogP contribution in [0.25, 0.3) is 0 Å². The summed E-state index contributed by atoms with van der Waals surface area (Å²) in [6.45, 7) is 0.584. The molecule has 0 unspecified atom stereocenters. The Morgan fingerprint density at radius 2 is 1.76 bits per heavy atom. The maximum atomic E-state index is 12.1. The second-order valence-electron chi connectivity index (χ2n) is 4.60. The standard InChI is InChI=1S/C16H15Br2NO2/c1-19(10-12-6-8-13(17)9-7-12)16(20)11-21-15-5-3-2-4-14(15)18/h2-9H,10-11H2,1H3. The van der Waals surface area contributed by atoms with Crippen molar-refractivity contribution in [1.82, 2.24) is 4.90 Å². The molecule has 0 radical (unpaired) electrons. The number of benzene rings is 2. The van der Waals surface area contributed by atoms with E-state index in [-0.39, 0.29) is 12.5 Å². The number of carbonyl (C=O) groups is 1. The van der Waals surface area contributed by atoms with E-state index < -0.39 is 0 Å². The van der Waals surface area contributed by atoms with E-state index in [2.05, 4.69) is 31.9 Å². The number of ether oxygens (including phenoxy) is 1. The van der Waals surface area contributed by atoms with Crippen molar-refractivity contribution < 1.29 is 9.53 Å². The van der Waals surface area contributed by atoms with Gasteiger partial charge in [-0.1, -0.05) is 40.2 Å². The van der Waals surface area contributed by atoms with Crippen molar-refractivity contribution in [3.05, 3.63) is 63.0 Å². The second-order valence-corrected chi connectivity index (χ2v) is 6.37. The summed E-state index contributed by atoms with van der Waals surface area (Å²) in [7, 11) is 1.77. The normalized spacial score (nSPS) is 10.2. The van der Waals surface area contributed by atoms with E-state index in [9.17, 15) is 4.79 Å². The van der Waals surface area contributed by atoms with Gasteiger partial charge in [-0.15, -0.1) is 0 Å². The molecule has 110 valence electrons. The van der Waals surface area contributed by atoms with Crippen LogP contribution in [0.15, 0.2) is 57.5 Å². The van der Waals surface area contributed by atoms with Gasteiger partial charge in [0, 0.05) is 18.1 Å². The lowest BCUT2D eigenvalue weighted by atomic mass is 10.2. The van der Waals surface area contributed by atoms with E-state index in [4.69, 9.17) is 4.74 Å². The number of amides is 1. The van der Waals surface area contributed by atoms with Crippen LogP contribution in [0.5, 0.6) is 5.75 Å². The van der Waals surface area contributed by atoms with Gasteiger partial charge in [-0.05, 0) is 45.8 Å². The van der Waals surface area contributed by atoms with E-state index in [0.29, 0.717) is 12.3 Å². The molecule has 0 atom stereocenters. The zero-order valence-corrected chi connectivity index (χ0v) is 14.7. The highest BCUT2D eigenvalue weighted by atomic mass is 79.9. The number of nitrogens with zero attached hydrogens (tertiary/aromatic N) is 1. The van der Waals surface area contributed by atoms with E-state index in [1.165, 1.54) is 0 Å². The minimum Gasteiger partial charge on any atom is -0.483 e. The molecule has 2 aromatic carbocycles. The van der Waals surface area contributed by atoms with Crippen molar-refractivity contribution >= 4 is 37.8 Å². The van der Waals surface area contributed by atoms with Gasteiger partial charge in [0.15, 0.2) is 6.61 Å². The van der Waals surface area contributed by atoms with E-state index in [1.807, 2.05) is 48.5 Å². The molecule has 0 aromatic heterocycles. The summed E-state index contributed by atoms with van der Waals surface area (Å²) in [6, 6.07) is 15.4. The molecule has 0 heterocycles. The molecule has 3 nitrogen and oxygen atoms in total. The van der Waals surface area contributed by atoms with Gasteiger partial charge in [0.2, 0.25) is 0 Å². The Labute approximate surface area is 141 Å². The maximum Gasteiger partial charge on any atom is 0.260 e. The second kappa shape index (κ2) is 7.61. The fourth-order valence-electron chi connectivity index (χ4n) is 1.76. The third-order valence-corrected chi connectivity index (χ3v) is 4.13. The Kier molecular flexibility index (Phi) is 5.82. The third kappa shape index (κ3) is 4.86. The number of hydrogen-bond donors (Lipinski definition) is 0. The smallest absolute Gasteiger partial charge is 0.260 e. The van der Waals surface area contributed by atoms with Gasteiger partial charge in [0.1, 0.15) is 5.75 Å². The van der Waals surface area contributed by atoms with Gasteiger partial charge in [0.05, 0.1) is 4.47 Å². The Balaban J connectivity index is 1.88. The average Bonchev–Trinajstić information content (AvgIpc) is 2.48. The fraction of sp³-hybridized carbons (Fsp3) is 0.188. The number of para-hydroxylation sites is 1. The highest BCUT2D eigenvalue weighted by Crippen LogP contribution is 2.23. The molecule has 0 aliphatic carbocycles. The van der Waals surface area contributed by atoms with Crippen LogP contribution in [0.1, 0.15) is 5.56 Å². The number of likely N-dealkylation sites (N-methyl/N-ethyl adjacent to an activating group) is 1. The van der Waals surface area contributed by atoms with E-state index >= 15 is 0 Å². The molecule has 2 rings (SSSR count). The minimum absolute atomic E-state index is 0.0235. The predicted octanol–water partition coefficient (Wildman–Crippen LogP) is 4.25. The average molecular weight is 413 g/mol. The molecule has 0 saturated heterocycles. The summed E-state index contributed by atoms with van der Waals surface area (Å²) in [5.41, 5.74) is 1.08. The zero-order valence-electron chi connectivity index (χ0n) is 11.6. The first-order chi connectivity index (χ1) is 10.1. The van der Waals surface area contributed by atoms with Gasteiger partial charge in [-0.2, -0.15) is 0 Å². The zero-order chi connectivity index (χ0) is 15.2. The topological polar surface area (TPSA) is 29.5 Å². The summed E-state index contributed by atoms with van der Waals surface area (Å²) in [5, 5.41) is 0. The first-order valence-corrected chi connectivity index (χ1v) is 8.00. The molecular weight excluding hydrogens is 398 g/mol. The first-order valence-electron chi connectivity index (χ1n) is 6.42. The first kappa shape index (κ1) is 16.0. The SMILES string of the molecule is CN(Cc1ccc(Br)cc1)C(=O)COc1ccccc1Br. The van der Waals surface area contributed by atoms with Crippen molar-refractivity contribution in [2.45, 2.75) is 6.54 Å². The van der Waals surface area contributed by atoms with Gasteiger partial charge < -0.3 is 9.64 Å². The molecule has 0 aliphatic heterocycles. The van der Waals surface area contributed by atoms with E-state index in [1.54, 1.807) is 11.9 Å². The van der Waals surface area contributed by atoms with E-state index in [0.717, 1.165) is 14.5 Å². The number of carbonyl (C=O) groups excluding carboxylic acids is 1. The fourth-order valence-corrected chi connectivity index (χ4v) is 2.43. The third-order valence-electron chi connectivity index (χ3n) is 2.95. The molecular formula is C16H15Br2NO2. The van der Waals surface area contributed by atoms with Crippen molar-refractivity contribution in [1.29, 1.82) is 0 Å². The van der Waals surface area contributed by atoms with Crippen LogP contribution in [0, 0.1) is 0 Å². The Hall–Kier alpha value is -1.33. The van der Waals surface area contributed by atoms with Crippen LogP contribution in [-0.2, 0) is 11.3 Å². The summed E-state index contributed by atoms with van der Waals surface area (Å²) >= 11 is 6.78. The lowest BCUT2D eigenvalue weighted by Gasteiger charge is -2.18. The molecule has 21 heavy (non-hydrogen) atoms. The molecule has 0 spiro atoms.